The molecule has 1 aromatic carbocycles. The predicted octanol–water partition coefficient (Wildman–Crippen LogP) is 1.66. The molecule has 0 bridgehead atoms. The lowest BCUT2D eigenvalue weighted by Crippen LogP contribution is -2.41. The van der Waals surface area contributed by atoms with Gasteiger partial charge in [0.25, 0.3) is 0 Å². The normalized spacial score (nSPS) is 18.1. The second kappa shape index (κ2) is 5.92. The minimum atomic E-state index is -1.04. The highest BCUT2D eigenvalue weighted by molar-refractivity contribution is 6.01. The molecule has 1 N–H and O–H groups in total. The number of rotatable bonds is 3. The Hall–Kier alpha value is -2.08. The second-order valence-corrected chi connectivity index (χ2v) is 4.76. The van der Waals surface area contributed by atoms with Gasteiger partial charge < -0.3 is 14.7 Å². The number of hydrogen-bond acceptors (Lipinski definition) is 3. The lowest BCUT2D eigenvalue weighted by molar-refractivity contribution is 0.0697. The highest BCUT2D eigenvalue weighted by atomic mass is 16.5. The Bertz CT molecular complexity index is 518. The zero-order valence-corrected chi connectivity index (χ0v) is 11.6. The van der Waals surface area contributed by atoms with E-state index in [2.05, 4.69) is 0 Å². The number of ether oxygens (including phenoxy) is 1. The largest absolute Gasteiger partial charge is 0.478 e. The van der Waals surface area contributed by atoms with Gasteiger partial charge in [0.15, 0.2) is 0 Å². The summed E-state index contributed by atoms with van der Waals surface area (Å²) in [5, 5.41) is 9.17. The highest BCUT2D eigenvalue weighted by Crippen LogP contribution is 2.22. The van der Waals surface area contributed by atoms with Crippen molar-refractivity contribution in [3.8, 4) is 0 Å². The summed E-state index contributed by atoms with van der Waals surface area (Å²) in [6, 6.07) is 6.27. The van der Waals surface area contributed by atoms with E-state index in [1.807, 2.05) is 0 Å². The van der Waals surface area contributed by atoms with Gasteiger partial charge in [-0.1, -0.05) is 12.1 Å². The molecule has 0 spiro atoms. The topological polar surface area (TPSA) is 70.1 Å². The zero-order valence-electron chi connectivity index (χ0n) is 11.6. The molecule has 1 fully saturated rings. The van der Waals surface area contributed by atoms with Gasteiger partial charge in [0, 0.05) is 27.2 Å². The lowest BCUT2D eigenvalue weighted by atomic mass is 10.1. The fourth-order valence-corrected chi connectivity index (χ4v) is 2.36. The van der Waals surface area contributed by atoms with Crippen LogP contribution < -0.4 is 4.90 Å². The average Bonchev–Trinajstić information content (AvgIpc) is 2.94. The number of urea groups is 1. The molecule has 1 heterocycles. The van der Waals surface area contributed by atoms with E-state index < -0.39 is 5.97 Å². The van der Waals surface area contributed by atoms with Crippen molar-refractivity contribution in [2.75, 3.05) is 32.1 Å². The number of aromatic carboxylic acids is 1. The number of amides is 2. The molecule has 0 aromatic heterocycles. The number of carbonyl (C=O) groups is 2. The summed E-state index contributed by atoms with van der Waals surface area (Å²) in [5.74, 6) is -1.04. The molecule has 0 saturated carbocycles. The van der Waals surface area contributed by atoms with E-state index >= 15 is 0 Å². The third-order valence-corrected chi connectivity index (χ3v) is 3.53. The van der Waals surface area contributed by atoms with Crippen LogP contribution in [0.4, 0.5) is 10.5 Å². The second-order valence-electron chi connectivity index (χ2n) is 4.76. The molecule has 1 unspecified atom stereocenters. The van der Waals surface area contributed by atoms with Crippen LogP contribution in [0.3, 0.4) is 0 Å². The number of nitrogens with zero attached hydrogens (tertiary/aromatic N) is 2. The Labute approximate surface area is 117 Å². The first-order valence-electron chi connectivity index (χ1n) is 6.42. The fourth-order valence-electron chi connectivity index (χ4n) is 2.36. The summed E-state index contributed by atoms with van der Waals surface area (Å²) in [5.41, 5.74) is 0.511. The number of benzene rings is 1. The monoisotopic (exact) mass is 278 g/mol. The molecule has 1 atom stereocenters. The Morgan fingerprint density at radius 3 is 2.70 bits per heavy atom. The standard InChI is InChI=1S/C14H18N2O4/c1-15(12-6-4-3-5-11(12)13(17)18)14(19)16-8-7-10(9-16)20-2/h3-6,10H,7-9H2,1-2H3,(H,17,18). The molecule has 2 rings (SSSR count). The number of anilines is 1. The first-order valence-corrected chi connectivity index (χ1v) is 6.42. The van der Waals surface area contributed by atoms with E-state index in [-0.39, 0.29) is 17.7 Å². The molecule has 0 aliphatic carbocycles. The van der Waals surface area contributed by atoms with Gasteiger partial charge in [0.05, 0.1) is 17.4 Å². The molecular weight excluding hydrogens is 260 g/mol. The number of carbonyl (C=O) groups excluding carboxylic acids is 1. The van der Waals surface area contributed by atoms with Gasteiger partial charge in [0.1, 0.15) is 0 Å². The molecule has 108 valence electrons. The van der Waals surface area contributed by atoms with Gasteiger partial charge in [-0.3, -0.25) is 4.90 Å². The van der Waals surface area contributed by atoms with E-state index in [9.17, 15) is 14.7 Å². The molecule has 6 heteroatoms. The minimum absolute atomic E-state index is 0.0575. The Balaban J connectivity index is 2.17. The molecule has 1 aromatic rings. The van der Waals surface area contributed by atoms with Crippen molar-refractivity contribution in [3.05, 3.63) is 29.8 Å². The molecular formula is C14H18N2O4. The molecule has 1 saturated heterocycles. The predicted molar refractivity (Wildman–Crippen MR) is 74.2 cm³/mol. The van der Waals surface area contributed by atoms with Crippen molar-refractivity contribution < 1.29 is 19.4 Å². The molecule has 20 heavy (non-hydrogen) atoms. The quantitative estimate of drug-likeness (QED) is 0.913. The zero-order chi connectivity index (χ0) is 14.7. The Kier molecular flexibility index (Phi) is 4.24. The molecule has 2 amide bonds. The third kappa shape index (κ3) is 2.75. The number of hydrogen-bond donors (Lipinski definition) is 1. The lowest BCUT2D eigenvalue weighted by Gasteiger charge is -2.25. The van der Waals surface area contributed by atoms with Crippen molar-refractivity contribution >= 4 is 17.7 Å². The van der Waals surface area contributed by atoms with Crippen LogP contribution in [0.25, 0.3) is 0 Å². The summed E-state index contributed by atoms with van der Waals surface area (Å²) in [6.07, 6.45) is 0.860. The van der Waals surface area contributed by atoms with Crippen molar-refractivity contribution in [2.45, 2.75) is 12.5 Å². The van der Waals surface area contributed by atoms with E-state index in [1.165, 1.54) is 11.0 Å². The third-order valence-electron chi connectivity index (χ3n) is 3.53. The van der Waals surface area contributed by atoms with Crippen molar-refractivity contribution in [3.63, 3.8) is 0 Å². The van der Waals surface area contributed by atoms with Gasteiger partial charge in [-0.2, -0.15) is 0 Å². The van der Waals surface area contributed by atoms with Crippen molar-refractivity contribution in [2.24, 2.45) is 0 Å². The van der Waals surface area contributed by atoms with Crippen LogP contribution in [-0.4, -0.2) is 55.4 Å². The van der Waals surface area contributed by atoms with E-state index in [4.69, 9.17) is 4.74 Å². The van der Waals surface area contributed by atoms with E-state index in [1.54, 1.807) is 37.3 Å². The van der Waals surface area contributed by atoms with Gasteiger partial charge in [-0.15, -0.1) is 0 Å². The first kappa shape index (κ1) is 14.3. The molecule has 6 nitrogen and oxygen atoms in total. The van der Waals surface area contributed by atoms with Crippen LogP contribution in [0, 0.1) is 0 Å². The SMILES string of the molecule is COC1CCN(C(=O)N(C)c2ccccc2C(=O)O)C1. The fraction of sp³-hybridized carbons (Fsp3) is 0.429. The van der Waals surface area contributed by atoms with Crippen LogP contribution in [0.1, 0.15) is 16.8 Å². The van der Waals surface area contributed by atoms with Gasteiger partial charge >= 0.3 is 12.0 Å². The number of likely N-dealkylation sites (tertiary alicyclic amines) is 1. The van der Waals surface area contributed by atoms with E-state index in [0.717, 1.165) is 6.42 Å². The number of methoxy groups -OCH3 is 1. The van der Waals surface area contributed by atoms with Gasteiger partial charge in [-0.25, -0.2) is 9.59 Å². The van der Waals surface area contributed by atoms with Crippen LogP contribution in [0.5, 0.6) is 0 Å². The number of para-hydroxylation sites is 1. The number of carboxylic acids is 1. The molecule has 0 radical (unpaired) electrons. The first-order chi connectivity index (χ1) is 9.54. The highest BCUT2D eigenvalue weighted by Gasteiger charge is 2.29. The Morgan fingerprint density at radius 1 is 1.40 bits per heavy atom. The summed E-state index contributed by atoms with van der Waals surface area (Å²) in [4.78, 5) is 26.6. The Morgan fingerprint density at radius 2 is 2.10 bits per heavy atom. The van der Waals surface area contributed by atoms with Crippen molar-refractivity contribution in [1.82, 2.24) is 4.90 Å². The molecule has 1 aliphatic rings. The maximum Gasteiger partial charge on any atom is 0.337 e. The minimum Gasteiger partial charge on any atom is -0.478 e. The van der Waals surface area contributed by atoms with E-state index in [0.29, 0.717) is 18.8 Å². The van der Waals surface area contributed by atoms with Crippen LogP contribution in [0.2, 0.25) is 0 Å². The van der Waals surface area contributed by atoms with Crippen LogP contribution in [-0.2, 0) is 4.74 Å². The van der Waals surface area contributed by atoms with Gasteiger partial charge in [-0.05, 0) is 18.6 Å². The smallest absolute Gasteiger partial charge is 0.337 e. The average molecular weight is 278 g/mol. The maximum atomic E-state index is 12.4. The number of carboxylic acid groups (broad SMARTS) is 1. The van der Waals surface area contributed by atoms with Gasteiger partial charge in [0.2, 0.25) is 0 Å². The molecule has 1 aliphatic heterocycles. The summed E-state index contributed by atoms with van der Waals surface area (Å²) < 4.78 is 5.23. The van der Waals surface area contributed by atoms with Crippen molar-refractivity contribution in [1.29, 1.82) is 0 Å². The van der Waals surface area contributed by atoms with Crippen LogP contribution >= 0.6 is 0 Å². The summed E-state index contributed by atoms with van der Waals surface area (Å²) in [6.45, 7) is 1.16. The summed E-state index contributed by atoms with van der Waals surface area (Å²) >= 11 is 0. The maximum absolute atomic E-state index is 12.4. The summed E-state index contributed by atoms with van der Waals surface area (Å²) in [7, 11) is 3.21. The van der Waals surface area contributed by atoms with Crippen LogP contribution in [0.15, 0.2) is 24.3 Å².